The van der Waals surface area contributed by atoms with Crippen molar-refractivity contribution in [2.24, 2.45) is 11.3 Å². The van der Waals surface area contributed by atoms with E-state index >= 15 is 0 Å². The van der Waals surface area contributed by atoms with E-state index in [1.807, 2.05) is 26.0 Å². The Kier molecular flexibility index (Phi) is 6.94. The third-order valence-corrected chi connectivity index (χ3v) is 7.09. The molecule has 6 nitrogen and oxygen atoms in total. The molecule has 2 N–H and O–H groups in total. The Hall–Kier alpha value is -2.21. The number of aromatic nitrogens is 3. The fourth-order valence-corrected chi connectivity index (χ4v) is 5.42. The number of benzene rings is 1. The lowest BCUT2D eigenvalue weighted by molar-refractivity contribution is -0.116. The topological polar surface area (TPSA) is 80.0 Å². The van der Waals surface area contributed by atoms with Crippen molar-refractivity contribution in [2.75, 3.05) is 11.9 Å². The molecular formula is C27H40N4O2. The number of carbonyl (C=O) groups excluding carboxylic acids is 1. The van der Waals surface area contributed by atoms with Crippen LogP contribution in [0.15, 0.2) is 18.2 Å². The minimum absolute atomic E-state index is 0.0332. The number of anilines is 1. The summed E-state index contributed by atoms with van der Waals surface area (Å²) in [5.41, 5.74) is 3.44. The Morgan fingerprint density at radius 2 is 1.94 bits per heavy atom. The fraction of sp³-hybridized carbons (Fsp3) is 0.667. The fourth-order valence-electron chi connectivity index (χ4n) is 5.42. The van der Waals surface area contributed by atoms with Gasteiger partial charge in [0.05, 0.1) is 0 Å². The number of nitrogens with one attached hydrogen (secondary N) is 1. The van der Waals surface area contributed by atoms with E-state index in [1.165, 1.54) is 24.8 Å². The lowest BCUT2D eigenvalue weighted by atomic mass is 9.68. The number of hydrogen-bond acceptors (Lipinski definition) is 4. The Balaban J connectivity index is 1.48. The summed E-state index contributed by atoms with van der Waals surface area (Å²) >= 11 is 0. The first-order chi connectivity index (χ1) is 15.6. The second kappa shape index (κ2) is 9.57. The maximum Gasteiger partial charge on any atom is 0.225 e. The second-order valence-corrected chi connectivity index (χ2v) is 11.6. The van der Waals surface area contributed by atoms with Gasteiger partial charge in [-0.3, -0.25) is 4.79 Å². The molecule has 6 heteroatoms. The number of aryl methyl sites for hydroxylation is 2. The van der Waals surface area contributed by atoms with Crippen LogP contribution in [0.4, 0.5) is 5.69 Å². The highest BCUT2D eigenvalue weighted by atomic mass is 16.3. The van der Waals surface area contributed by atoms with Crippen molar-refractivity contribution in [2.45, 2.75) is 97.4 Å². The van der Waals surface area contributed by atoms with Crippen LogP contribution in [0.3, 0.4) is 0 Å². The zero-order chi connectivity index (χ0) is 23.8. The zero-order valence-corrected chi connectivity index (χ0v) is 20.9. The number of amides is 1. The molecule has 1 heterocycles. The van der Waals surface area contributed by atoms with E-state index in [9.17, 15) is 9.90 Å². The summed E-state index contributed by atoms with van der Waals surface area (Å²) in [7, 11) is 0. The van der Waals surface area contributed by atoms with Crippen LogP contribution in [0.2, 0.25) is 0 Å². The lowest BCUT2D eigenvalue weighted by Gasteiger charge is -2.38. The Morgan fingerprint density at radius 1 is 1.21 bits per heavy atom. The molecule has 1 aromatic carbocycles. The normalized spacial score (nSPS) is 21.5. The molecule has 0 spiro atoms. The Morgan fingerprint density at radius 3 is 2.55 bits per heavy atom. The van der Waals surface area contributed by atoms with Gasteiger partial charge >= 0.3 is 0 Å². The predicted molar refractivity (Wildman–Crippen MR) is 131 cm³/mol. The van der Waals surface area contributed by atoms with Gasteiger partial charge in [-0.2, -0.15) is 0 Å². The summed E-state index contributed by atoms with van der Waals surface area (Å²) in [5, 5.41) is 22.1. The molecule has 2 fully saturated rings. The maximum absolute atomic E-state index is 12.9. The lowest BCUT2D eigenvalue weighted by Crippen LogP contribution is -2.28. The predicted octanol–water partition coefficient (Wildman–Crippen LogP) is 5.65. The molecule has 180 valence electrons. The Bertz CT molecular complexity index is 980. The van der Waals surface area contributed by atoms with Gasteiger partial charge in [0.2, 0.25) is 5.91 Å². The quantitative estimate of drug-likeness (QED) is 0.515. The van der Waals surface area contributed by atoms with Crippen molar-refractivity contribution in [1.82, 2.24) is 14.8 Å². The number of aliphatic hydroxyl groups excluding tert-OH is 1. The molecule has 2 aliphatic rings. The van der Waals surface area contributed by atoms with Crippen molar-refractivity contribution in [3.8, 4) is 0 Å². The number of carbonyl (C=O) groups is 1. The van der Waals surface area contributed by atoms with E-state index in [4.69, 9.17) is 0 Å². The number of rotatable bonds is 9. The van der Waals surface area contributed by atoms with Crippen LogP contribution in [0.1, 0.15) is 106 Å². The third-order valence-electron chi connectivity index (χ3n) is 7.09. The molecule has 1 aromatic heterocycles. The average molecular weight is 453 g/mol. The summed E-state index contributed by atoms with van der Waals surface area (Å²) in [4.78, 5) is 12.9. The van der Waals surface area contributed by atoms with Crippen molar-refractivity contribution in [1.29, 1.82) is 0 Å². The second-order valence-electron chi connectivity index (χ2n) is 11.6. The zero-order valence-electron chi connectivity index (χ0n) is 20.9. The van der Waals surface area contributed by atoms with Crippen LogP contribution in [0, 0.1) is 25.2 Å². The molecule has 2 saturated carbocycles. The van der Waals surface area contributed by atoms with E-state index in [0.29, 0.717) is 30.2 Å². The molecule has 33 heavy (non-hydrogen) atoms. The van der Waals surface area contributed by atoms with Crippen LogP contribution in [-0.4, -0.2) is 32.4 Å². The highest BCUT2D eigenvalue weighted by Gasteiger charge is 2.40. The van der Waals surface area contributed by atoms with Gasteiger partial charge in [-0.15, -0.1) is 10.2 Å². The Labute approximate surface area is 198 Å². The first-order valence-corrected chi connectivity index (χ1v) is 12.6. The molecule has 0 radical (unpaired) electrons. The highest BCUT2D eigenvalue weighted by Crippen LogP contribution is 2.49. The highest BCUT2D eigenvalue weighted by molar-refractivity contribution is 5.92. The number of aliphatic hydroxyl groups is 1. The molecule has 0 bridgehead atoms. The van der Waals surface area contributed by atoms with E-state index in [-0.39, 0.29) is 18.4 Å². The van der Waals surface area contributed by atoms with E-state index in [2.05, 4.69) is 46.9 Å². The van der Waals surface area contributed by atoms with Gasteiger partial charge in [-0.05, 0) is 75.3 Å². The van der Waals surface area contributed by atoms with Crippen molar-refractivity contribution >= 4 is 11.6 Å². The first-order valence-electron chi connectivity index (χ1n) is 12.6. The summed E-state index contributed by atoms with van der Waals surface area (Å²) in [6.07, 6.45) is 6.73. The minimum atomic E-state index is -0.131. The smallest absolute Gasteiger partial charge is 0.225 e. The third kappa shape index (κ3) is 5.84. The first kappa shape index (κ1) is 23.9. The van der Waals surface area contributed by atoms with E-state index in [1.54, 1.807) is 0 Å². The van der Waals surface area contributed by atoms with Crippen LogP contribution in [0.25, 0.3) is 0 Å². The van der Waals surface area contributed by atoms with Gasteiger partial charge in [0.25, 0.3) is 0 Å². The largest absolute Gasteiger partial charge is 0.396 e. The van der Waals surface area contributed by atoms with Crippen LogP contribution in [0.5, 0.6) is 0 Å². The van der Waals surface area contributed by atoms with Gasteiger partial charge in [-0.25, -0.2) is 0 Å². The van der Waals surface area contributed by atoms with Crippen LogP contribution in [-0.2, 0) is 4.79 Å². The van der Waals surface area contributed by atoms with Gasteiger partial charge < -0.3 is 15.0 Å². The van der Waals surface area contributed by atoms with Crippen molar-refractivity contribution < 1.29 is 9.90 Å². The van der Waals surface area contributed by atoms with Crippen LogP contribution < -0.4 is 5.32 Å². The number of nitrogens with zero attached hydrogens (tertiary/aromatic N) is 3. The molecule has 1 amide bonds. The molecule has 2 aliphatic carbocycles. The van der Waals surface area contributed by atoms with Gasteiger partial charge in [-0.1, -0.05) is 38.5 Å². The average Bonchev–Trinajstić information content (AvgIpc) is 3.44. The van der Waals surface area contributed by atoms with Crippen molar-refractivity contribution in [3.05, 3.63) is 41.0 Å². The molecule has 4 rings (SSSR count). The molecule has 2 aromatic rings. The molecular weight excluding hydrogens is 412 g/mol. The summed E-state index contributed by atoms with van der Waals surface area (Å²) in [6.45, 7) is 11.0. The van der Waals surface area contributed by atoms with E-state index < -0.39 is 0 Å². The van der Waals surface area contributed by atoms with Gasteiger partial charge in [0.1, 0.15) is 11.6 Å². The number of hydrogen-bond donors (Lipinski definition) is 2. The van der Waals surface area contributed by atoms with Gasteiger partial charge in [0, 0.05) is 36.6 Å². The standard InChI is InChI=1S/C27H40N4O2/c1-17-6-9-23(18(2)12-17)28-24(33)15-20(10-11-32)25-29-30-26(31(25)22-7-8-22)21-13-19(14-21)16-27(3,4)5/h6,9,12,19-22,32H,7-8,10-11,13-16H2,1-5H3,(H,28,33)/t19?,20-,21?/m0/s1. The van der Waals surface area contributed by atoms with Crippen LogP contribution >= 0.6 is 0 Å². The summed E-state index contributed by atoms with van der Waals surface area (Å²) in [6, 6.07) is 6.49. The summed E-state index contributed by atoms with van der Waals surface area (Å²) in [5.74, 6) is 3.05. The molecule has 1 atom stereocenters. The SMILES string of the molecule is Cc1ccc(NC(=O)C[C@H](CCO)c2nnc(C3CC(CC(C)(C)C)C3)n2C2CC2)c(C)c1. The van der Waals surface area contributed by atoms with Gasteiger partial charge in [0.15, 0.2) is 0 Å². The molecule has 0 saturated heterocycles. The molecule has 0 unspecified atom stereocenters. The monoisotopic (exact) mass is 452 g/mol. The van der Waals surface area contributed by atoms with E-state index in [0.717, 1.165) is 41.7 Å². The minimum Gasteiger partial charge on any atom is -0.396 e. The maximum atomic E-state index is 12.9. The van der Waals surface area contributed by atoms with Crippen molar-refractivity contribution in [3.63, 3.8) is 0 Å². The molecule has 0 aliphatic heterocycles. The summed E-state index contributed by atoms with van der Waals surface area (Å²) < 4.78 is 2.34.